The molecule has 0 fully saturated rings. The Balaban J connectivity index is 1.85. The molecule has 0 bridgehead atoms. The molecule has 0 atom stereocenters. The van der Waals surface area contributed by atoms with Gasteiger partial charge < -0.3 is 9.29 Å². The van der Waals surface area contributed by atoms with E-state index in [4.69, 9.17) is 4.74 Å². The summed E-state index contributed by atoms with van der Waals surface area (Å²) in [5.41, 5.74) is 1.42. The van der Waals surface area contributed by atoms with E-state index >= 15 is 0 Å². The van der Waals surface area contributed by atoms with Gasteiger partial charge in [0, 0.05) is 35.3 Å². The first-order valence-electron chi connectivity index (χ1n) is 9.14. The molecule has 30 heavy (non-hydrogen) atoms. The molecule has 2 heterocycles. The van der Waals surface area contributed by atoms with E-state index in [1.165, 1.54) is 17.4 Å². The molecular formula is C21H18FNO4S3. The molecule has 2 aromatic carbocycles. The third-order valence-electron chi connectivity index (χ3n) is 4.70. The van der Waals surface area contributed by atoms with Gasteiger partial charge in [0.05, 0.1) is 17.2 Å². The van der Waals surface area contributed by atoms with Crippen LogP contribution in [0.25, 0.3) is 32.5 Å². The zero-order valence-corrected chi connectivity index (χ0v) is 18.4. The third-order valence-corrected chi connectivity index (χ3v) is 7.51. The maximum atomic E-state index is 14.0. The standard InChI is InChI=1S/C21H18FNO4S3/c1-27-17-13-18-20(21-15(17)9-11-28-21)23(10-4-12-30(24,25)26)19(29-18)8-7-14-5-2-3-6-16(14)22/h2-3,5-9,11,13H,4,10,12H2,1H3/b8-7+. The summed E-state index contributed by atoms with van der Waals surface area (Å²) in [6.07, 6.45) is 3.71. The van der Waals surface area contributed by atoms with E-state index in [1.807, 2.05) is 28.2 Å². The molecule has 0 aliphatic heterocycles. The number of aromatic nitrogens is 1. The first kappa shape index (κ1) is 20.9. The van der Waals surface area contributed by atoms with Crippen LogP contribution in [0.15, 0.2) is 41.8 Å². The van der Waals surface area contributed by atoms with Gasteiger partial charge in [-0.05, 0) is 23.6 Å². The van der Waals surface area contributed by atoms with E-state index in [2.05, 4.69) is 0 Å². The molecule has 156 valence electrons. The van der Waals surface area contributed by atoms with Crippen LogP contribution in [0, 0.1) is 5.82 Å². The van der Waals surface area contributed by atoms with Gasteiger partial charge in [0.25, 0.3) is 5.01 Å². The van der Waals surface area contributed by atoms with E-state index in [0.29, 0.717) is 12.1 Å². The van der Waals surface area contributed by atoms with Crippen LogP contribution in [0.5, 0.6) is 5.75 Å². The minimum atomic E-state index is -4.29. The molecule has 0 saturated carbocycles. The van der Waals surface area contributed by atoms with Gasteiger partial charge in [-0.1, -0.05) is 29.5 Å². The second-order valence-corrected chi connectivity index (χ2v) is 10.2. The Bertz CT molecular complexity index is 1360. The van der Waals surface area contributed by atoms with Crippen LogP contribution >= 0.6 is 22.7 Å². The molecule has 9 heteroatoms. The Morgan fingerprint density at radius 2 is 2.03 bits per heavy atom. The topological polar surface area (TPSA) is 70.3 Å². The van der Waals surface area contributed by atoms with Gasteiger partial charge in [-0.25, -0.2) is 12.8 Å². The minimum absolute atomic E-state index is 0.196. The fraction of sp³-hybridized carbons (Fsp3) is 0.190. The summed E-state index contributed by atoms with van der Waals surface area (Å²) in [4.78, 5) is 0. The second kappa shape index (κ2) is 8.43. The molecule has 0 N–H and O–H groups in total. The van der Waals surface area contributed by atoms with Crippen molar-refractivity contribution in [2.75, 3.05) is 12.9 Å². The lowest BCUT2D eigenvalue weighted by atomic mass is 10.2. The predicted octanol–water partition coefficient (Wildman–Crippen LogP) is 4.66. The highest BCUT2D eigenvalue weighted by Gasteiger charge is 2.24. The highest BCUT2D eigenvalue weighted by atomic mass is 32.2. The number of benzene rings is 2. The van der Waals surface area contributed by atoms with Gasteiger partial charge in [0.2, 0.25) is 5.52 Å². The lowest BCUT2D eigenvalue weighted by Gasteiger charge is -2.05. The van der Waals surface area contributed by atoms with E-state index in [9.17, 15) is 17.4 Å². The van der Waals surface area contributed by atoms with Gasteiger partial charge >= 0.3 is 0 Å². The molecule has 0 aliphatic rings. The molecule has 0 unspecified atom stereocenters. The van der Waals surface area contributed by atoms with Crippen LogP contribution in [0.3, 0.4) is 0 Å². The number of halogens is 1. The van der Waals surface area contributed by atoms with E-state index in [0.717, 1.165) is 31.1 Å². The summed E-state index contributed by atoms with van der Waals surface area (Å²) in [6, 6.07) is 10.4. The normalized spacial score (nSPS) is 12.4. The maximum absolute atomic E-state index is 14.0. The van der Waals surface area contributed by atoms with Crippen LogP contribution in [0.4, 0.5) is 4.39 Å². The highest BCUT2D eigenvalue weighted by Crippen LogP contribution is 2.38. The van der Waals surface area contributed by atoms with Crippen molar-refractivity contribution < 1.29 is 26.7 Å². The summed E-state index contributed by atoms with van der Waals surface area (Å²) in [5.74, 6) is 0.0115. The largest absolute Gasteiger partial charge is 0.748 e. The number of rotatable bonds is 7. The van der Waals surface area contributed by atoms with Crippen molar-refractivity contribution in [3.8, 4) is 5.75 Å². The summed E-state index contributed by atoms with van der Waals surface area (Å²) in [5, 5.41) is 3.79. The number of hydrogen-bond donors (Lipinski definition) is 0. The minimum Gasteiger partial charge on any atom is -0.748 e. The van der Waals surface area contributed by atoms with Crippen molar-refractivity contribution in [1.29, 1.82) is 0 Å². The number of hydrogen-bond acceptors (Lipinski definition) is 6. The zero-order valence-electron chi connectivity index (χ0n) is 16.0. The molecule has 4 aromatic rings. The first-order chi connectivity index (χ1) is 14.4. The van der Waals surface area contributed by atoms with E-state index in [-0.39, 0.29) is 12.2 Å². The van der Waals surface area contributed by atoms with Crippen molar-refractivity contribution >= 4 is 65.2 Å². The van der Waals surface area contributed by atoms with Gasteiger partial charge in [0.15, 0.2) is 6.54 Å². The molecule has 0 aliphatic carbocycles. The number of aryl methyl sites for hydroxylation is 1. The van der Waals surface area contributed by atoms with Crippen LogP contribution in [0.1, 0.15) is 17.0 Å². The number of nitrogens with zero attached hydrogens (tertiary/aromatic N) is 1. The van der Waals surface area contributed by atoms with Crippen molar-refractivity contribution in [1.82, 2.24) is 0 Å². The third kappa shape index (κ3) is 4.24. The van der Waals surface area contributed by atoms with Crippen LogP contribution in [-0.2, 0) is 16.7 Å². The fourth-order valence-electron chi connectivity index (χ4n) is 3.36. The van der Waals surface area contributed by atoms with Crippen molar-refractivity contribution in [2.45, 2.75) is 13.0 Å². The number of fused-ring (bicyclic) bond motifs is 3. The van der Waals surface area contributed by atoms with Crippen LogP contribution in [0.2, 0.25) is 0 Å². The lowest BCUT2D eigenvalue weighted by Crippen LogP contribution is -2.36. The van der Waals surface area contributed by atoms with Gasteiger partial charge in [-0.3, -0.25) is 0 Å². The number of thiophene rings is 1. The number of ether oxygens (including phenoxy) is 1. The van der Waals surface area contributed by atoms with Crippen molar-refractivity contribution in [3.05, 3.63) is 58.2 Å². The average molecular weight is 464 g/mol. The summed E-state index contributed by atoms with van der Waals surface area (Å²) in [7, 11) is -2.67. The van der Waals surface area contributed by atoms with Gasteiger partial charge in [0.1, 0.15) is 21.0 Å². The number of thiazole rings is 1. The smallest absolute Gasteiger partial charge is 0.262 e. The molecule has 0 amide bonds. The molecule has 4 rings (SSSR count). The maximum Gasteiger partial charge on any atom is 0.262 e. The lowest BCUT2D eigenvalue weighted by molar-refractivity contribution is -0.667. The highest BCUT2D eigenvalue weighted by molar-refractivity contribution is 7.85. The summed E-state index contributed by atoms with van der Waals surface area (Å²) in [6.45, 7) is 0.359. The molecule has 0 saturated heterocycles. The van der Waals surface area contributed by atoms with E-state index in [1.54, 1.807) is 42.7 Å². The predicted molar refractivity (Wildman–Crippen MR) is 118 cm³/mol. The van der Waals surface area contributed by atoms with Crippen molar-refractivity contribution in [3.63, 3.8) is 0 Å². The SMILES string of the molecule is COc1cc2sc(/C=C/c3ccccc3F)[n+](CCCS(=O)(=O)[O-])c2c2sccc12. The zero-order chi connectivity index (χ0) is 21.3. The molecule has 0 radical (unpaired) electrons. The van der Waals surface area contributed by atoms with E-state index < -0.39 is 15.9 Å². The quantitative estimate of drug-likeness (QED) is 0.295. The first-order valence-corrected chi connectivity index (χ1v) is 12.4. The Morgan fingerprint density at radius 1 is 1.23 bits per heavy atom. The second-order valence-electron chi connectivity index (χ2n) is 6.65. The Labute approximate surface area is 181 Å². The summed E-state index contributed by atoms with van der Waals surface area (Å²) < 4.78 is 56.8. The van der Waals surface area contributed by atoms with Gasteiger partial charge in [-0.2, -0.15) is 4.57 Å². The molecule has 2 aromatic heterocycles. The molecule has 5 nitrogen and oxygen atoms in total. The summed E-state index contributed by atoms with van der Waals surface area (Å²) >= 11 is 3.08. The Kier molecular flexibility index (Phi) is 5.88. The monoisotopic (exact) mass is 463 g/mol. The average Bonchev–Trinajstić information content (AvgIpc) is 3.30. The Hall–Kier alpha value is -2.33. The van der Waals surface area contributed by atoms with Crippen molar-refractivity contribution in [2.24, 2.45) is 0 Å². The number of methoxy groups -OCH3 is 1. The molecular weight excluding hydrogens is 445 g/mol. The molecule has 0 spiro atoms. The van der Waals surface area contributed by atoms with Gasteiger partial charge in [-0.15, -0.1) is 11.3 Å². The van der Waals surface area contributed by atoms with Crippen LogP contribution < -0.4 is 9.30 Å². The van der Waals surface area contributed by atoms with Crippen LogP contribution in [-0.4, -0.2) is 25.8 Å². The Morgan fingerprint density at radius 3 is 2.77 bits per heavy atom. The fourth-order valence-corrected chi connectivity index (χ4v) is 6.00.